The van der Waals surface area contributed by atoms with Gasteiger partial charge in [-0.15, -0.1) is 0 Å². The number of aromatic nitrogens is 4. The van der Waals surface area contributed by atoms with Crippen LogP contribution in [-0.2, 0) is 11.5 Å². The van der Waals surface area contributed by atoms with Gasteiger partial charge in [0.05, 0.1) is 35.4 Å². The summed E-state index contributed by atoms with van der Waals surface area (Å²) in [6.45, 7) is 2.00. The Kier molecular flexibility index (Phi) is 4.94. The summed E-state index contributed by atoms with van der Waals surface area (Å²) in [5.74, 6) is 0.245. The highest BCUT2D eigenvalue weighted by molar-refractivity contribution is 5.91. The standard InChI is InChI=1S/C18H19N7O3/c26-18(22-17-10-19-5-6-20-17)13-2-1-7-23(11-13)12-24-16-4-3-15(25(27)28)8-14(16)9-21-24/h3-6,8-10,13H,1-2,7,11-12H2,(H,20,22,26)/t13-/m0/s1. The third-order valence-corrected chi connectivity index (χ3v) is 4.86. The number of nitrogens with one attached hydrogen (secondary N) is 1. The van der Waals surface area contributed by atoms with Gasteiger partial charge < -0.3 is 5.32 Å². The van der Waals surface area contributed by atoms with Gasteiger partial charge in [-0.3, -0.25) is 29.5 Å². The summed E-state index contributed by atoms with van der Waals surface area (Å²) in [7, 11) is 0. The summed E-state index contributed by atoms with van der Waals surface area (Å²) in [6, 6.07) is 4.71. The van der Waals surface area contributed by atoms with E-state index in [1.807, 2.05) is 4.68 Å². The largest absolute Gasteiger partial charge is 0.309 e. The van der Waals surface area contributed by atoms with Crippen molar-refractivity contribution in [2.24, 2.45) is 5.92 Å². The number of nitro groups is 1. The van der Waals surface area contributed by atoms with Crippen LogP contribution in [0.15, 0.2) is 43.0 Å². The van der Waals surface area contributed by atoms with E-state index < -0.39 is 4.92 Å². The van der Waals surface area contributed by atoms with Gasteiger partial charge in [0.2, 0.25) is 5.91 Å². The number of fused-ring (bicyclic) bond motifs is 1. The molecule has 1 saturated heterocycles. The molecule has 2 aromatic heterocycles. The molecule has 10 nitrogen and oxygen atoms in total. The number of carbonyl (C=O) groups excluding carboxylic acids is 1. The number of carbonyl (C=O) groups is 1. The lowest BCUT2D eigenvalue weighted by Crippen LogP contribution is -2.41. The molecule has 1 fully saturated rings. The second-order valence-corrected chi connectivity index (χ2v) is 6.78. The fraction of sp³-hybridized carbons (Fsp3) is 0.333. The zero-order valence-corrected chi connectivity index (χ0v) is 15.1. The van der Waals surface area contributed by atoms with Crippen LogP contribution < -0.4 is 5.32 Å². The minimum absolute atomic E-state index is 0.0470. The molecule has 0 radical (unpaired) electrons. The van der Waals surface area contributed by atoms with Crippen LogP contribution in [0.5, 0.6) is 0 Å². The van der Waals surface area contributed by atoms with Crippen molar-refractivity contribution in [3.8, 4) is 0 Å². The summed E-state index contributed by atoms with van der Waals surface area (Å²) in [6.07, 6.45) is 7.97. The maximum Gasteiger partial charge on any atom is 0.270 e. The molecule has 3 aromatic rings. The molecule has 1 aromatic carbocycles. The first-order valence-corrected chi connectivity index (χ1v) is 8.99. The van der Waals surface area contributed by atoms with Crippen LogP contribution in [0.25, 0.3) is 10.9 Å². The van der Waals surface area contributed by atoms with Gasteiger partial charge in [-0.25, -0.2) is 4.98 Å². The van der Waals surface area contributed by atoms with E-state index >= 15 is 0 Å². The van der Waals surface area contributed by atoms with Crippen LogP contribution in [0.2, 0.25) is 0 Å². The molecular formula is C18H19N7O3. The van der Waals surface area contributed by atoms with Crippen molar-refractivity contribution < 1.29 is 9.72 Å². The van der Waals surface area contributed by atoms with Crippen molar-refractivity contribution >= 4 is 28.3 Å². The van der Waals surface area contributed by atoms with Crippen LogP contribution >= 0.6 is 0 Å². The number of likely N-dealkylation sites (tertiary alicyclic amines) is 1. The van der Waals surface area contributed by atoms with Gasteiger partial charge >= 0.3 is 0 Å². The number of hydrogen-bond acceptors (Lipinski definition) is 7. The summed E-state index contributed by atoms with van der Waals surface area (Å²) in [5.41, 5.74) is 0.877. The first-order valence-electron chi connectivity index (χ1n) is 8.99. The molecule has 0 aliphatic carbocycles. The number of piperidine rings is 1. The van der Waals surface area contributed by atoms with E-state index in [2.05, 4.69) is 25.3 Å². The van der Waals surface area contributed by atoms with Gasteiger partial charge in [-0.2, -0.15) is 5.10 Å². The van der Waals surface area contributed by atoms with Crippen molar-refractivity contribution in [3.05, 3.63) is 53.1 Å². The number of anilines is 1. The first-order chi connectivity index (χ1) is 13.6. The highest BCUT2D eigenvalue weighted by Crippen LogP contribution is 2.23. The van der Waals surface area contributed by atoms with Crippen LogP contribution in [-0.4, -0.2) is 48.6 Å². The lowest BCUT2D eigenvalue weighted by atomic mass is 9.97. The van der Waals surface area contributed by atoms with Crippen molar-refractivity contribution in [2.75, 3.05) is 18.4 Å². The number of amides is 1. The first kappa shape index (κ1) is 18.0. The highest BCUT2D eigenvalue weighted by Gasteiger charge is 2.26. The Labute approximate surface area is 160 Å². The molecule has 4 rings (SSSR count). The summed E-state index contributed by atoms with van der Waals surface area (Å²) < 4.78 is 1.81. The zero-order valence-electron chi connectivity index (χ0n) is 15.1. The van der Waals surface area contributed by atoms with E-state index in [1.54, 1.807) is 18.5 Å². The van der Waals surface area contributed by atoms with Crippen LogP contribution in [0.4, 0.5) is 11.5 Å². The Hall–Kier alpha value is -3.40. The molecule has 0 spiro atoms. The SMILES string of the molecule is O=C(Nc1cnccn1)[C@H]1CCCN(Cn2ncc3cc([N+](=O)[O-])ccc32)C1. The lowest BCUT2D eigenvalue weighted by molar-refractivity contribution is -0.384. The highest BCUT2D eigenvalue weighted by atomic mass is 16.6. The smallest absolute Gasteiger partial charge is 0.270 e. The van der Waals surface area contributed by atoms with E-state index in [1.165, 1.54) is 24.5 Å². The summed E-state index contributed by atoms with van der Waals surface area (Å²) in [4.78, 5) is 33.2. The molecule has 1 amide bonds. The van der Waals surface area contributed by atoms with Crippen molar-refractivity contribution in [2.45, 2.75) is 19.5 Å². The number of nitro benzene ring substituents is 1. The lowest BCUT2D eigenvalue weighted by Gasteiger charge is -2.31. The van der Waals surface area contributed by atoms with E-state index in [-0.39, 0.29) is 17.5 Å². The van der Waals surface area contributed by atoms with Crippen LogP contribution in [0.3, 0.4) is 0 Å². The predicted molar refractivity (Wildman–Crippen MR) is 101 cm³/mol. The third kappa shape index (κ3) is 3.81. The Balaban J connectivity index is 1.43. The van der Waals surface area contributed by atoms with Gasteiger partial charge in [-0.05, 0) is 25.5 Å². The molecule has 1 aliphatic rings. The molecule has 3 heterocycles. The van der Waals surface area contributed by atoms with Gasteiger partial charge in [0.25, 0.3) is 5.69 Å². The van der Waals surface area contributed by atoms with E-state index in [0.717, 1.165) is 30.3 Å². The number of rotatable bonds is 5. The summed E-state index contributed by atoms with van der Waals surface area (Å²) >= 11 is 0. The Bertz CT molecular complexity index is 1000. The van der Waals surface area contributed by atoms with E-state index in [4.69, 9.17) is 0 Å². The fourth-order valence-corrected chi connectivity index (χ4v) is 3.48. The average molecular weight is 381 g/mol. The Morgan fingerprint density at radius 2 is 2.21 bits per heavy atom. The molecule has 0 saturated carbocycles. The molecule has 1 aliphatic heterocycles. The van der Waals surface area contributed by atoms with Gasteiger partial charge in [0.15, 0.2) is 5.82 Å². The quantitative estimate of drug-likeness (QED) is 0.530. The van der Waals surface area contributed by atoms with Crippen LogP contribution in [0.1, 0.15) is 12.8 Å². The molecule has 0 unspecified atom stereocenters. The monoisotopic (exact) mass is 381 g/mol. The van der Waals surface area contributed by atoms with Gasteiger partial charge in [0, 0.05) is 36.5 Å². The molecule has 1 atom stereocenters. The number of benzene rings is 1. The second-order valence-electron chi connectivity index (χ2n) is 6.78. The molecule has 10 heteroatoms. The molecule has 144 valence electrons. The van der Waals surface area contributed by atoms with E-state index in [9.17, 15) is 14.9 Å². The number of hydrogen-bond donors (Lipinski definition) is 1. The van der Waals surface area contributed by atoms with Crippen molar-refractivity contribution in [1.82, 2.24) is 24.6 Å². The third-order valence-electron chi connectivity index (χ3n) is 4.86. The molecule has 0 bridgehead atoms. The normalized spacial score (nSPS) is 17.5. The predicted octanol–water partition coefficient (Wildman–Crippen LogP) is 2.04. The number of non-ortho nitro benzene ring substituents is 1. The average Bonchev–Trinajstić information content (AvgIpc) is 3.11. The maximum absolute atomic E-state index is 12.5. The minimum Gasteiger partial charge on any atom is -0.309 e. The second kappa shape index (κ2) is 7.69. The van der Waals surface area contributed by atoms with E-state index in [0.29, 0.717) is 19.0 Å². The van der Waals surface area contributed by atoms with Gasteiger partial charge in [0.1, 0.15) is 0 Å². The number of nitrogens with zero attached hydrogens (tertiary/aromatic N) is 6. The Morgan fingerprint density at radius 1 is 1.32 bits per heavy atom. The summed E-state index contributed by atoms with van der Waals surface area (Å²) in [5, 5.41) is 18.8. The molecule has 28 heavy (non-hydrogen) atoms. The van der Waals surface area contributed by atoms with Crippen molar-refractivity contribution in [3.63, 3.8) is 0 Å². The molecule has 1 N–H and O–H groups in total. The van der Waals surface area contributed by atoms with Gasteiger partial charge in [-0.1, -0.05) is 0 Å². The maximum atomic E-state index is 12.5. The topological polar surface area (TPSA) is 119 Å². The zero-order chi connectivity index (χ0) is 19.5. The molecular weight excluding hydrogens is 362 g/mol. The fourth-order valence-electron chi connectivity index (χ4n) is 3.48. The van der Waals surface area contributed by atoms with Crippen molar-refractivity contribution in [1.29, 1.82) is 0 Å². The minimum atomic E-state index is -0.415. The Morgan fingerprint density at radius 3 is 3.00 bits per heavy atom. The van der Waals surface area contributed by atoms with Crippen LogP contribution in [0, 0.1) is 16.0 Å².